The van der Waals surface area contributed by atoms with Crippen molar-refractivity contribution >= 4 is 33.5 Å². The van der Waals surface area contributed by atoms with Crippen LogP contribution in [0.1, 0.15) is 22.9 Å². The molecule has 0 bridgehead atoms. The van der Waals surface area contributed by atoms with E-state index in [9.17, 15) is 0 Å². The van der Waals surface area contributed by atoms with Crippen LogP contribution in [0.5, 0.6) is 11.5 Å². The fraction of sp³-hybridized carbons (Fsp3) is 0.167. The van der Waals surface area contributed by atoms with Gasteiger partial charge in [0, 0.05) is 17.4 Å². The first-order valence-electron chi connectivity index (χ1n) is 9.89. The van der Waals surface area contributed by atoms with Crippen LogP contribution in [0.3, 0.4) is 0 Å². The zero-order chi connectivity index (χ0) is 21.2. The highest BCUT2D eigenvalue weighted by molar-refractivity contribution is 7.14. The first-order valence-corrected chi connectivity index (χ1v) is 11.7. The van der Waals surface area contributed by atoms with E-state index in [1.807, 2.05) is 36.4 Å². The summed E-state index contributed by atoms with van der Waals surface area (Å²) in [5.41, 5.74) is 4.29. The molecule has 0 saturated carbocycles. The van der Waals surface area contributed by atoms with Crippen molar-refractivity contribution in [1.82, 2.24) is 4.98 Å². The Kier molecular flexibility index (Phi) is 5.44. The van der Waals surface area contributed by atoms with Crippen LogP contribution in [0.2, 0.25) is 0 Å². The third-order valence-corrected chi connectivity index (χ3v) is 7.04. The predicted molar refractivity (Wildman–Crippen MR) is 128 cm³/mol. The summed E-state index contributed by atoms with van der Waals surface area (Å²) in [6.45, 7) is 0. The first kappa shape index (κ1) is 19.8. The molecule has 0 fully saturated rings. The van der Waals surface area contributed by atoms with Crippen molar-refractivity contribution in [1.29, 1.82) is 0 Å². The quantitative estimate of drug-likeness (QED) is 0.351. The first-order chi connectivity index (χ1) is 15.2. The summed E-state index contributed by atoms with van der Waals surface area (Å²) in [7, 11) is 3.36. The number of anilines is 1. The lowest BCUT2D eigenvalue weighted by atomic mass is 10.0. The highest BCUT2D eigenvalue weighted by atomic mass is 32.1. The average molecular weight is 448 g/mol. The van der Waals surface area contributed by atoms with Gasteiger partial charge in [-0.05, 0) is 53.4 Å². The molecular weight excluding hydrogens is 426 g/mol. The van der Waals surface area contributed by atoms with Crippen molar-refractivity contribution in [3.05, 3.63) is 81.9 Å². The van der Waals surface area contributed by atoms with Crippen LogP contribution < -0.4 is 14.5 Å². The number of hydrogen-bond donors (Lipinski definition) is 0. The van der Waals surface area contributed by atoms with Crippen LogP contribution in [0.15, 0.2) is 76.5 Å². The van der Waals surface area contributed by atoms with Gasteiger partial charge < -0.3 is 9.47 Å². The number of thiazole rings is 1. The van der Waals surface area contributed by atoms with Gasteiger partial charge in [0.2, 0.25) is 5.13 Å². The smallest absolute Gasteiger partial charge is 0.207 e. The van der Waals surface area contributed by atoms with Gasteiger partial charge in [-0.25, -0.2) is 9.99 Å². The summed E-state index contributed by atoms with van der Waals surface area (Å²) in [5.74, 6) is 1.69. The number of hydrazone groups is 1. The zero-order valence-corrected chi connectivity index (χ0v) is 18.8. The number of hydrogen-bond acceptors (Lipinski definition) is 7. The molecule has 1 unspecified atom stereocenters. The van der Waals surface area contributed by atoms with E-state index in [2.05, 4.69) is 40.0 Å². The monoisotopic (exact) mass is 447 g/mol. The number of methoxy groups -OCH3 is 2. The Labute approximate surface area is 189 Å². The Morgan fingerprint density at radius 2 is 1.61 bits per heavy atom. The summed E-state index contributed by atoms with van der Waals surface area (Å²) < 4.78 is 10.6. The van der Waals surface area contributed by atoms with Gasteiger partial charge >= 0.3 is 0 Å². The molecule has 0 N–H and O–H groups in total. The molecule has 0 radical (unpaired) electrons. The van der Waals surface area contributed by atoms with E-state index >= 15 is 0 Å². The van der Waals surface area contributed by atoms with Gasteiger partial charge in [-0.3, -0.25) is 0 Å². The molecule has 156 valence electrons. The molecule has 0 saturated heterocycles. The second-order valence-corrected chi connectivity index (χ2v) is 8.89. The summed E-state index contributed by atoms with van der Waals surface area (Å²) >= 11 is 3.33. The highest BCUT2D eigenvalue weighted by Crippen LogP contribution is 2.40. The molecule has 1 aliphatic heterocycles. The van der Waals surface area contributed by atoms with Crippen LogP contribution in [0, 0.1) is 0 Å². The molecule has 2 aromatic heterocycles. The zero-order valence-electron chi connectivity index (χ0n) is 17.2. The Morgan fingerprint density at radius 1 is 0.903 bits per heavy atom. The van der Waals surface area contributed by atoms with Gasteiger partial charge in [0.15, 0.2) is 0 Å². The molecular formula is C24H21N3O2S2. The molecule has 4 aromatic rings. The van der Waals surface area contributed by atoms with Crippen molar-refractivity contribution in [3.8, 4) is 22.8 Å². The molecule has 1 aliphatic rings. The lowest BCUT2D eigenvalue weighted by molar-refractivity contribution is 0.414. The van der Waals surface area contributed by atoms with Crippen LogP contribution in [-0.4, -0.2) is 24.9 Å². The summed E-state index contributed by atoms with van der Waals surface area (Å²) in [6.07, 6.45) is 0.838. The van der Waals surface area contributed by atoms with Crippen LogP contribution in [-0.2, 0) is 0 Å². The highest BCUT2D eigenvalue weighted by Gasteiger charge is 2.32. The maximum Gasteiger partial charge on any atom is 0.207 e. The minimum absolute atomic E-state index is 0.0953. The maximum atomic E-state index is 5.33. The molecule has 5 nitrogen and oxygen atoms in total. The molecule has 31 heavy (non-hydrogen) atoms. The van der Waals surface area contributed by atoms with Crippen molar-refractivity contribution in [3.63, 3.8) is 0 Å². The number of thiophene rings is 1. The Morgan fingerprint density at radius 3 is 2.26 bits per heavy atom. The summed E-state index contributed by atoms with van der Waals surface area (Å²) in [5, 5.41) is 12.1. The van der Waals surface area contributed by atoms with E-state index in [1.165, 1.54) is 10.4 Å². The number of ether oxygens (including phenoxy) is 2. The van der Waals surface area contributed by atoms with Gasteiger partial charge in [0.1, 0.15) is 11.5 Å². The summed E-state index contributed by atoms with van der Waals surface area (Å²) in [4.78, 5) is 6.12. The largest absolute Gasteiger partial charge is 0.497 e. The SMILES string of the molecule is COc1ccc(-c2csc(N3N=C(c4cccs4)CC3c3ccc(OC)cc3)n2)cc1. The van der Waals surface area contributed by atoms with Crippen molar-refractivity contribution in [2.45, 2.75) is 12.5 Å². The fourth-order valence-electron chi connectivity index (χ4n) is 3.63. The van der Waals surface area contributed by atoms with Crippen molar-refractivity contribution in [2.75, 3.05) is 19.2 Å². The molecule has 0 amide bonds. The second-order valence-electron chi connectivity index (χ2n) is 7.11. The van der Waals surface area contributed by atoms with Crippen LogP contribution in [0.25, 0.3) is 11.3 Å². The lowest BCUT2D eigenvalue weighted by Gasteiger charge is -2.21. The predicted octanol–water partition coefficient (Wildman–Crippen LogP) is 6.24. The van der Waals surface area contributed by atoms with E-state index in [-0.39, 0.29) is 6.04 Å². The minimum atomic E-state index is 0.0953. The number of rotatable bonds is 6. The van der Waals surface area contributed by atoms with Gasteiger partial charge in [0.25, 0.3) is 0 Å². The number of benzene rings is 2. The molecule has 3 heterocycles. The number of nitrogens with zero attached hydrogens (tertiary/aromatic N) is 3. The molecule has 7 heteroatoms. The minimum Gasteiger partial charge on any atom is -0.497 e. The van der Waals surface area contributed by atoms with E-state index in [0.717, 1.165) is 40.0 Å². The van der Waals surface area contributed by atoms with E-state index in [1.54, 1.807) is 36.9 Å². The molecule has 0 aliphatic carbocycles. The van der Waals surface area contributed by atoms with Crippen LogP contribution >= 0.6 is 22.7 Å². The third kappa shape index (κ3) is 3.94. The Hall–Kier alpha value is -3.16. The number of aromatic nitrogens is 1. The van der Waals surface area contributed by atoms with Crippen LogP contribution in [0.4, 0.5) is 5.13 Å². The normalized spacial score (nSPS) is 15.7. The van der Waals surface area contributed by atoms with Gasteiger partial charge in [0.05, 0.1) is 36.5 Å². The molecule has 5 rings (SSSR count). The van der Waals surface area contributed by atoms with E-state index in [0.29, 0.717) is 0 Å². The molecule has 1 atom stereocenters. The van der Waals surface area contributed by atoms with E-state index in [4.69, 9.17) is 19.6 Å². The molecule has 2 aromatic carbocycles. The van der Waals surface area contributed by atoms with Gasteiger partial charge in [-0.1, -0.05) is 18.2 Å². The summed E-state index contributed by atoms with van der Waals surface area (Å²) in [6, 6.07) is 20.5. The Bertz CT molecular complexity index is 1180. The molecule has 0 spiro atoms. The standard InChI is InChI=1S/C24H21N3O2S2/c1-28-18-9-5-16(6-10-18)21-15-31-24(25-21)27-22(17-7-11-19(29-2)12-8-17)14-20(26-27)23-4-3-13-30-23/h3-13,15,22H,14H2,1-2H3. The topological polar surface area (TPSA) is 47.0 Å². The fourth-order valence-corrected chi connectivity index (χ4v) is 5.18. The van der Waals surface area contributed by atoms with Gasteiger partial charge in [-0.15, -0.1) is 22.7 Å². The van der Waals surface area contributed by atoms with Gasteiger partial charge in [-0.2, -0.15) is 5.10 Å². The van der Waals surface area contributed by atoms with E-state index < -0.39 is 0 Å². The average Bonchev–Trinajstić information content (AvgIpc) is 3.59. The maximum absolute atomic E-state index is 5.33. The Balaban J connectivity index is 1.49. The lowest BCUT2D eigenvalue weighted by Crippen LogP contribution is -2.18. The van der Waals surface area contributed by atoms with Crippen molar-refractivity contribution < 1.29 is 9.47 Å². The third-order valence-electron chi connectivity index (χ3n) is 5.29. The second kappa shape index (κ2) is 8.53. The van der Waals surface area contributed by atoms with Crippen molar-refractivity contribution in [2.24, 2.45) is 5.10 Å².